The second kappa shape index (κ2) is 11.0. The molecule has 0 aliphatic rings. The third-order valence-electron chi connectivity index (χ3n) is 4.65. The van der Waals surface area contributed by atoms with E-state index in [0.29, 0.717) is 6.54 Å². The van der Waals surface area contributed by atoms with E-state index >= 15 is 0 Å². The van der Waals surface area contributed by atoms with Gasteiger partial charge < -0.3 is 20.3 Å². The first kappa shape index (κ1) is 25.5. The Balaban J connectivity index is 3.10. The van der Waals surface area contributed by atoms with Gasteiger partial charge in [-0.15, -0.1) is 0 Å². The molecule has 0 saturated heterocycles. The zero-order valence-corrected chi connectivity index (χ0v) is 19.6. The van der Waals surface area contributed by atoms with Crippen LogP contribution in [0.25, 0.3) is 0 Å². The van der Waals surface area contributed by atoms with Crippen molar-refractivity contribution in [2.24, 2.45) is 0 Å². The summed E-state index contributed by atoms with van der Waals surface area (Å²) in [5.41, 5.74) is 2.02. The van der Waals surface area contributed by atoms with Gasteiger partial charge in [0, 0.05) is 13.6 Å². The first-order chi connectivity index (χ1) is 13.9. The molecule has 0 spiro atoms. The van der Waals surface area contributed by atoms with Crippen molar-refractivity contribution in [2.75, 3.05) is 13.6 Å². The summed E-state index contributed by atoms with van der Waals surface area (Å²) in [6, 6.07) is 4.20. The molecular weight excluding hydrogens is 382 g/mol. The number of nitrogens with zero attached hydrogens (tertiary/aromatic N) is 1. The highest BCUT2D eigenvalue weighted by molar-refractivity contribution is 5.92. The number of nitrogens with one attached hydrogen (secondary N) is 2. The largest absolute Gasteiger partial charge is 0.444 e. The van der Waals surface area contributed by atoms with Crippen LogP contribution in [0.15, 0.2) is 18.2 Å². The molecular formula is C23H37N3O4. The molecule has 0 heterocycles. The van der Waals surface area contributed by atoms with Gasteiger partial charge in [0.05, 0.1) is 0 Å². The lowest BCUT2D eigenvalue weighted by atomic mass is 9.96. The summed E-state index contributed by atoms with van der Waals surface area (Å²) in [6.45, 7) is 13.3. The molecule has 0 radical (unpaired) electrons. The molecule has 0 bridgehead atoms. The van der Waals surface area contributed by atoms with Gasteiger partial charge in [-0.05, 0) is 59.1 Å². The smallest absolute Gasteiger partial charge is 0.408 e. The van der Waals surface area contributed by atoms with Crippen LogP contribution in [0.5, 0.6) is 0 Å². The number of hydrogen-bond acceptors (Lipinski definition) is 4. The molecule has 3 amide bonds. The van der Waals surface area contributed by atoms with Gasteiger partial charge in [0.1, 0.15) is 17.7 Å². The minimum Gasteiger partial charge on any atom is -0.444 e. The minimum atomic E-state index is -0.846. The molecule has 7 nitrogen and oxygen atoms in total. The van der Waals surface area contributed by atoms with Crippen molar-refractivity contribution >= 4 is 17.9 Å². The Morgan fingerprint density at radius 3 is 2.37 bits per heavy atom. The van der Waals surface area contributed by atoms with E-state index in [0.717, 1.165) is 29.5 Å². The van der Waals surface area contributed by atoms with Crippen molar-refractivity contribution in [1.82, 2.24) is 15.5 Å². The summed E-state index contributed by atoms with van der Waals surface area (Å²) in [5.74, 6) is -0.616. The number of aryl methyl sites for hydroxylation is 2. The molecule has 0 saturated carbocycles. The predicted molar refractivity (Wildman–Crippen MR) is 118 cm³/mol. The molecule has 30 heavy (non-hydrogen) atoms. The first-order valence-electron chi connectivity index (χ1n) is 10.5. The molecule has 0 aliphatic heterocycles. The molecule has 0 aliphatic carbocycles. The topological polar surface area (TPSA) is 87.7 Å². The molecule has 0 fully saturated rings. The predicted octanol–water partition coefficient (Wildman–Crippen LogP) is 3.63. The fraction of sp³-hybridized carbons (Fsp3) is 0.609. The number of likely N-dealkylation sites (N-methyl/N-ethyl adjacent to an activating group) is 1. The van der Waals surface area contributed by atoms with Crippen LogP contribution in [0.4, 0.5) is 4.79 Å². The van der Waals surface area contributed by atoms with E-state index in [1.165, 1.54) is 4.90 Å². The van der Waals surface area contributed by atoms with Gasteiger partial charge in [-0.1, -0.05) is 37.1 Å². The Bertz CT molecular complexity index is 755. The van der Waals surface area contributed by atoms with Crippen LogP contribution in [0.1, 0.15) is 70.2 Å². The number of benzene rings is 1. The molecule has 0 aromatic heterocycles. The summed E-state index contributed by atoms with van der Waals surface area (Å²) in [4.78, 5) is 39.6. The van der Waals surface area contributed by atoms with Crippen molar-refractivity contribution < 1.29 is 19.1 Å². The Morgan fingerprint density at radius 1 is 1.17 bits per heavy atom. The Labute approximate surface area is 180 Å². The summed E-state index contributed by atoms with van der Waals surface area (Å²) >= 11 is 0. The lowest BCUT2D eigenvalue weighted by Crippen LogP contribution is -2.50. The lowest BCUT2D eigenvalue weighted by Gasteiger charge is -2.31. The highest BCUT2D eigenvalue weighted by atomic mass is 16.6. The van der Waals surface area contributed by atoms with Crippen LogP contribution in [0.3, 0.4) is 0 Å². The Morgan fingerprint density at radius 2 is 1.80 bits per heavy atom. The van der Waals surface area contributed by atoms with Crippen LogP contribution in [-0.2, 0) is 14.3 Å². The first-order valence-corrected chi connectivity index (χ1v) is 10.5. The molecule has 2 unspecified atom stereocenters. The van der Waals surface area contributed by atoms with E-state index in [4.69, 9.17) is 4.74 Å². The summed E-state index contributed by atoms with van der Waals surface area (Å²) in [6.07, 6.45) is 1.15. The number of ether oxygens (including phenoxy) is 1. The van der Waals surface area contributed by atoms with Crippen LogP contribution in [0.2, 0.25) is 0 Å². The normalized spacial score (nSPS) is 13.2. The average molecular weight is 420 g/mol. The minimum absolute atomic E-state index is 0.238. The lowest BCUT2D eigenvalue weighted by molar-refractivity contribution is -0.140. The second-order valence-electron chi connectivity index (χ2n) is 8.72. The van der Waals surface area contributed by atoms with Crippen molar-refractivity contribution in [2.45, 2.75) is 79.0 Å². The van der Waals surface area contributed by atoms with Crippen LogP contribution >= 0.6 is 0 Å². The third-order valence-corrected chi connectivity index (χ3v) is 4.65. The van der Waals surface area contributed by atoms with E-state index in [2.05, 4.69) is 10.6 Å². The zero-order chi connectivity index (χ0) is 23.1. The van der Waals surface area contributed by atoms with Crippen LogP contribution in [-0.4, -0.2) is 48.0 Å². The molecule has 2 atom stereocenters. The number of carbonyl (C=O) groups is 3. The summed E-state index contributed by atoms with van der Waals surface area (Å²) in [5, 5.41) is 5.49. The fourth-order valence-electron chi connectivity index (χ4n) is 3.04. The van der Waals surface area contributed by atoms with E-state index in [9.17, 15) is 14.4 Å². The second-order valence-corrected chi connectivity index (χ2v) is 8.72. The number of alkyl carbamates (subject to hydrolysis) is 1. The van der Waals surface area contributed by atoms with Gasteiger partial charge in [-0.3, -0.25) is 9.59 Å². The van der Waals surface area contributed by atoms with Crippen LogP contribution < -0.4 is 10.6 Å². The standard InChI is InChI=1S/C23H37N3O4/c1-9-10-13-24-20(27)19(18-14-15(2)11-12-16(18)3)26(8)21(28)17(4)25-22(29)30-23(5,6)7/h11-12,14,17,19H,9-10,13H2,1-8H3,(H,24,27)(H,25,29). The van der Waals surface area contributed by atoms with Gasteiger partial charge in [0.25, 0.3) is 0 Å². The number of carbonyl (C=O) groups excluding carboxylic acids is 3. The number of hydrogen-bond donors (Lipinski definition) is 2. The Kier molecular flexibility index (Phi) is 9.33. The van der Waals surface area contributed by atoms with Gasteiger partial charge in [-0.2, -0.15) is 0 Å². The molecule has 1 aromatic rings. The van der Waals surface area contributed by atoms with E-state index in [-0.39, 0.29) is 11.8 Å². The summed E-state index contributed by atoms with van der Waals surface area (Å²) in [7, 11) is 1.58. The number of amides is 3. The maximum atomic E-state index is 13.1. The van der Waals surface area contributed by atoms with Crippen molar-refractivity contribution in [1.29, 1.82) is 0 Å². The quantitative estimate of drug-likeness (QED) is 0.630. The summed E-state index contributed by atoms with van der Waals surface area (Å²) < 4.78 is 5.23. The highest BCUT2D eigenvalue weighted by Gasteiger charge is 2.33. The van der Waals surface area contributed by atoms with Gasteiger partial charge in [0.15, 0.2) is 0 Å². The van der Waals surface area contributed by atoms with Crippen molar-refractivity contribution in [3.05, 3.63) is 34.9 Å². The monoisotopic (exact) mass is 419 g/mol. The molecule has 1 aromatic carbocycles. The molecule has 168 valence electrons. The maximum Gasteiger partial charge on any atom is 0.408 e. The van der Waals surface area contributed by atoms with E-state index in [1.807, 2.05) is 39.0 Å². The van der Waals surface area contributed by atoms with Crippen molar-refractivity contribution in [3.8, 4) is 0 Å². The highest BCUT2D eigenvalue weighted by Crippen LogP contribution is 2.25. The third kappa shape index (κ3) is 7.69. The van der Waals surface area contributed by atoms with E-state index < -0.39 is 23.8 Å². The van der Waals surface area contributed by atoms with Gasteiger partial charge in [0.2, 0.25) is 11.8 Å². The molecule has 2 N–H and O–H groups in total. The zero-order valence-electron chi connectivity index (χ0n) is 19.6. The number of unbranched alkanes of at least 4 members (excludes halogenated alkanes) is 1. The van der Waals surface area contributed by atoms with Crippen LogP contribution in [0, 0.1) is 13.8 Å². The average Bonchev–Trinajstić information content (AvgIpc) is 2.62. The van der Waals surface area contributed by atoms with Crippen molar-refractivity contribution in [3.63, 3.8) is 0 Å². The van der Waals surface area contributed by atoms with Gasteiger partial charge in [-0.25, -0.2) is 4.79 Å². The van der Waals surface area contributed by atoms with E-state index in [1.54, 1.807) is 34.7 Å². The Hall–Kier alpha value is -2.57. The SMILES string of the molecule is CCCCNC(=O)C(c1cc(C)ccc1C)N(C)C(=O)C(C)NC(=O)OC(C)(C)C. The van der Waals surface area contributed by atoms with Gasteiger partial charge >= 0.3 is 6.09 Å². The number of rotatable bonds is 8. The maximum absolute atomic E-state index is 13.1. The fourth-order valence-corrected chi connectivity index (χ4v) is 3.04. The molecule has 1 rings (SSSR count). The molecule has 7 heteroatoms.